The maximum atomic E-state index is 13.5. The molecule has 0 atom stereocenters. The molecule has 0 spiro atoms. The minimum Gasteiger partial charge on any atom is -0.473 e. The number of benzene rings is 1. The normalized spacial score (nSPS) is 18.8. The fourth-order valence-corrected chi connectivity index (χ4v) is 3.28. The summed E-state index contributed by atoms with van der Waals surface area (Å²) >= 11 is 5.90. The lowest BCUT2D eigenvalue weighted by Crippen LogP contribution is -2.36. The van der Waals surface area contributed by atoms with Crippen LogP contribution in [0.2, 0.25) is 5.02 Å². The lowest BCUT2D eigenvalue weighted by Gasteiger charge is -2.29. The van der Waals surface area contributed by atoms with E-state index < -0.39 is 0 Å². The van der Waals surface area contributed by atoms with Crippen LogP contribution in [0.4, 0.5) is 4.39 Å². The van der Waals surface area contributed by atoms with Crippen LogP contribution in [0.1, 0.15) is 33.3 Å². The van der Waals surface area contributed by atoms with Crippen molar-refractivity contribution in [2.24, 2.45) is 4.99 Å². The Morgan fingerprint density at radius 3 is 2.68 bits per heavy atom. The minimum atomic E-state index is -0.372. The average Bonchev–Trinajstić information content (AvgIpc) is 2.73. The van der Waals surface area contributed by atoms with Crippen LogP contribution >= 0.6 is 11.6 Å². The van der Waals surface area contributed by atoms with Crippen LogP contribution in [0.5, 0.6) is 0 Å². The zero-order chi connectivity index (χ0) is 18.4. The van der Waals surface area contributed by atoms with E-state index in [2.05, 4.69) is 35.7 Å². The van der Waals surface area contributed by atoms with Crippen LogP contribution in [-0.2, 0) is 11.3 Å². The second kappa shape index (κ2) is 6.37. The fourth-order valence-electron chi connectivity index (χ4n) is 3.04. The number of allylic oxidation sites excluding steroid dienone is 1. The number of aliphatic imine (C=N–C) groups is 1. The number of nitrogens with zero attached hydrogens (tertiary/aromatic N) is 3. The van der Waals surface area contributed by atoms with E-state index >= 15 is 0 Å². The van der Waals surface area contributed by atoms with Crippen LogP contribution in [-0.4, -0.2) is 34.8 Å². The molecule has 1 saturated heterocycles. The lowest BCUT2D eigenvalue weighted by atomic mass is 10.1. The van der Waals surface area contributed by atoms with E-state index in [4.69, 9.17) is 16.3 Å². The van der Waals surface area contributed by atoms with E-state index in [1.54, 1.807) is 6.07 Å². The Balaban J connectivity index is 1.86. The van der Waals surface area contributed by atoms with Gasteiger partial charge < -0.3 is 14.5 Å². The summed E-state index contributed by atoms with van der Waals surface area (Å²) in [4.78, 5) is 9.09. The number of ether oxygens (including phenoxy) is 1. The van der Waals surface area contributed by atoms with Crippen molar-refractivity contribution in [1.29, 1.82) is 0 Å². The van der Waals surface area contributed by atoms with Crippen molar-refractivity contribution in [3.05, 3.63) is 57.9 Å². The molecule has 4 nitrogen and oxygen atoms in total. The van der Waals surface area contributed by atoms with E-state index in [9.17, 15) is 4.39 Å². The second-order valence-corrected chi connectivity index (χ2v) is 7.74. The Bertz CT molecular complexity index is 774. The molecule has 0 saturated carbocycles. The van der Waals surface area contributed by atoms with E-state index in [1.807, 2.05) is 19.9 Å². The molecule has 2 aliphatic rings. The topological polar surface area (TPSA) is 28.1 Å². The molecule has 25 heavy (non-hydrogen) atoms. The van der Waals surface area contributed by atoms with Gasteiger partial charge in [0.05, 0.1) is 5.54 Å². The maximum absolute atomic E-state index is 13.5. The smallest absolute Gasteiger partial charge is 0.219 e. The molecule has 2 aliphatic heterocycles. The van der Waals surface area contributed by atoms with Crippen molar-refractivity contribution in [2.45, 2.75) is 39.8 Å². The molecule has 0 unspecified atom stereocenters. The number of fused-ring (bicyclic) bond motifs is 1. The molecule has 0 aliphatic carbocycles. The molecular formula is C19H23ClFN3O. The van der Waals surface area contributed by atoms with Gasteiger partial charge in [-0.05, 0) is 57.0 Å². The summed E-state index contributed by atoms with van der Waals surface area (Å²) in [7, 11) is 2.07. The van der Waals surface area contributed by atoms with Crippen molar-refractivity contribution in [3.8, 4) is 0 Å². The van der Waals surface area contributed by atoms with Crippen molar-refractivity contribution in [3.63, 3.8) is 0 Å². The SMILES string of the molecule is CC(C)=C1N=C(OCc2cc(F)cc(Cl)c2)C=C2N1CC(C)(C)N2C. The van der Waals surface area contributed by atoms with Gasteiger partial charge in [-0.2, -0.15) is 4.99 Å². The highest BCUT2D eigenvalue weighted by atomic mass is 35.5. The van der Waals surface area contributed by atoms with Gasteiger partial charge in [0.15, 0.2) is 0 Å². The van der Waals surface area contributed by atoms with E-state index in [1.165, 1.54) is 12.1 Å². The summed E-state index contributed by atoms with van der Waals surface area (Å²) in [6, 6.07) is 4.39. The van der Waals surface area contributed by atoms with Crippen molar-refractivity contribution >= 4 is 17.5 Å². The predicted octanol–water partition coefficient (Wildman–Crippen LogP) is 4.53. The highest BCUT2D eigenvalue weighted by Crippen LogP contribution is 2.37. The molecule has 1 aromatic carbocycles. The van der Waals surface area contributed by atoms with Crippen molar-refractivity contribution < 1.29 is 9.13 Å². The zero-order valence-electron chi connectivity index (χ0n) is 15.2. The molecule has 1 fully saturated rings. The van der Waals surface area contributed by atoms with Crippen LogP contribution in [0.25, 0.3) is 0 Å². The van der Waals surface area contributed by atoms with Gasteiger partial charge in [0.1, 0.15) is 24.1 Å². The van der Waals surface area contributed by atoms with Gasteiger partial charge in [-0.15, -0.1) is 0 Å². The summed E-state index contributed by atoms with van der Waals surface area (Å²) in [5.41, 5.74) is 1.80. The third kappa shape index (κ3) is 3.52. The van der Waals surface area contributed by atoms with Gasteiger partial charge in [0.2, 0.25) is 5.90 Å². The Morgan fingerprint density at radius 2 is 2.04 bits per heavy atom. The maximum Gasteiger partial charge on any atom is 0.219 e. The van der Waals surface area contributed by atoms with Gasteiger partial charge >= 0.3 is 0 Å². The first-order chi connectivity index (χ1) is 11.7. The van der Waals surface area contributed by atoms with Gasteiger partial charge in [-0.25, -0.2) is 4.39 Å². The number of likely N-dealkylation sites (N-methyl/N-ethyl adjacent to an activating group) is 1. The zero-order valence-corrected chi connectivity index (χ0v) is 16.0. The van der Waals surface area contributed by atoms with E-state index in [0.717, 1.165) is 23.8 Å². The predicted molar refractivity (Wildman–Crippen MR) is 98.6 cm³/mol. The molecule has 0 bridgehead atoms. The first kappa shape index (κ1) is 17.8. The summed E-state index contributed by atoms with van der Waals surface area (Å²) in [5, 5.41) is 0.357. The van der Waals surface area contributed by atoms with Crippen LogP contribution in [0.3, 0.4) is 0 Å². The fraction of sp³-hybridized carbons (Fsp3) is 0.421. The summed E-state index contributed by atoms with van der Waals surface area (Å²) in [6.45, 7) is 9.55. The monoisotopic (exact) mass is 363 g/mol. The average molecular weight is 364 g/mol. The Hall–Kier alpha value is -2.01. The minimum absolute atomic E-state index is 0.00753. The highest BCUT2D eigenvalue weighted by molar-refractivity contribution is 6.30. The standard InChI is InChI=1S/C19H23ClFN3O/c1-12(2)18-22-16(9-17-23(5)19(3,4)11-24(17)18)25-10-13-6-14(20)8-15(21)7-13/h6-9H,10-11H2,1-5H3. The first-order valence-corrected chi connectivity index (χ1v) is 8.62. The van der Waals surface area contributed by atoms with Gasteiger partial charge in [0.25, 0.3) is 0 Å². The van der Waals surface area contributed by atoms with Crippen LogP contribution in [0, 0.1) is 5.82 Å². The highest BCUT2D eigenvalue weighted by Gasteiger charge is 2.41. The second-order valence-electron chi connectivity index (χ2n) is 7.30. The Labute approximate surface area is 153 Å². The quantitative estimate of drug-likeness (QED) is 0.773. The Morgan fingerprint density at radius 1 is 1.32 bits per heavy atom. The summed E-state index contributed by atoms with van der Waals surface area (Å²) < 4.78 is 19.3. The number of hydrogen-bond acceptors (Lipinski definition) is 4. The number of halogens is 2. The van der Waals surface area contributed by atoms with Gasteiger partial charge in [0, 0.05) is 24.7 Å². The molecule has 0 N–H and O–H groups in total. The number of hydrogen-bond donors (Lipinski definition) is 0. The van der Waals surface area contributed by atoms with E-state index in [0.29, 0.717) is 16.5 Å². The van der Waals surface area contributed by atoms with Gasteiger partial charge in [-0.3, -0.25) is 0 Å². The molecule has 3 rings (SSSR count). The first-order valence-electron chi connectivity index (χ1n) is 8.24. The summed E-state index contributed by atoms with van der Waals surface area (Å²) in [6.07, 6.45) is 1.93. The largest absolute Gasteiger partial charge is 0.473 e. The van der Waals surface area contributed by atoms with E-state index in [-0.39, 0.29) is 18.0 Å². The molecule has 0 amide bonds. The summed E-state index contributed by atoms with van der Waals surface area (Å²) in [5.74, 6) is 2.11. The number of rotatable bonds is 2. The lowest BCUT2D eigenvalue weighted by molar-refractivity contribution is 0.261. The van der Waals surface area contributed by atoms with Crippen molar-refractivity contribution in [1.82, 2.24) is 9.80 Å². The molecule has 1 aromatic rings. The molecule has 6 heteroatoms. The van der Waals surface area contributed by atoms with Crippen LogP contribution in [0.15, 0.2) is 46.5 Å². The molecular weight excluding hydrogens is 341 g/mol. The molecule has 2 heterocycles. The van der Waals surface area contributed by atoms with Crippen LogP contribution < -0.4 is 0 Å². The third-order valence-electron chi connectivity index (χ3n) is 4.55. The molecule has 134 valence electrons. The molecule has 0 radical (unpaired) electrons. The van der Waals surface area contributed by atoms with Crippen molar-refractivity contribution in [2.75, 3.05) is 13.6 Å². The molecule has 0 aromatic heterocycles. The van der Waals surface area contributed by atoms with Gasteiger partial charge in [-0.1, -0.05) is 11.6 Å². The third-order valence-corrected chi connectivity index (χ3v) is 4.77. The Kier molecular flexibility index (Phi) is 4.54.